The molecule has 106 valence electrons. The number of hydrogen-bond acceptors (Lipinski definition) is 2. The van der Waals surface area contributed by atoms with Gasteiger partial charge >= 0.3 is 0 Å². The van der Waals surface area contributed by atoms with Crippen molar-refractivity contribution in [2.75, 3.05) is 0 Å². The van der Waals surface area contributed by atoms with Crippen molar-refractivity contribution in [1.29, 1.82) is 0 Å². The van der Waals surface area contributed by atoms with Crippen LogP contribution in [-0.2, 0) is 12.8 Å². The molecule has 0 bridgehead atoms. The molecule has 1 aromatic heterocycles. The number of benzene rings is 1. The Labute approximate surface area is 125 Å². The molecule has 0 radical (unpaired) electrons. The lowest BCUT2D eigenvalue weighted by atomic mass is 9.80. The number of aryl methyl sites for hydroxylation is 3. The van der Waals surface area contributed by atoms with Crippen molar-refractivity contribution in [2.45, 2.75) is 51.5 Å². The van der Waals surface area contributed by atoms with Gasteiger partial charge in [-0.25, -0.2) is 0 Å². The molecule has 1 nitrogen and oxygen atoms in total. The molecule has 2 heteroatoms. The minimum atomic E-state index is 0.240. The van der Waals surface area contributed by atoms with Gasteiger partial charge in [-0.2, -0.15) is 0 Å². The second-order valence-corrected chi connectivity index (χ2v) is 7.10. The summed E-state index contributed by atoms with van der Waals surface area (Å²) in [4.78, 5) is 1.57. The molecule has 2 N–H and O–H groups in total. The summed E-state index contributed by atoms with van der Waals surface area (Å²) >= 11 is 1.90. The fraction of sp³-hybridized carbons (Fsp3) is 0.444. The molecule has 2 aromatic rings. The zero-order valence-electron chi connectivity index (χ0n) is 12.4. The summed E-state index contributed by atoms with van der Waals surface area (Å²) in [7, 11) is 0. The summed E-state index contributed by atoms with van der Waals surface area (Å²) < 4.78 is 0. The lowest BCUT2D eigenvalue weighted by Gasteiger charge is -2.28. The van der Waals surface area contributed by atoms with Crippen molar-refractivity contribution in [3.8, 4) is 0 Å². The zero-order chi connectivity index (χ0) is 14.1. The molecule has 0 fully saturated rings. The molecule has 1 aliphatic carbocycles. The molecule has 1 heterocycles. The summed E-state index contributed by atoms with van der Waals surface area (Å²) in [6, 6.07) is 9.24. The van der Waals surface area contributed by atoms with Crippen LogP contribution in [0, 0.1) is 13.8 Å². The highest BCUT2D eigenvalue weighted by atomic mass is 32.1. The highest BCUT2D eigenvalue weighted by Crippen LogP contribution is 2.37. The third kappa shape index (κ3) is 2.68. The molecule has 0 amide bonds. The summed E-state index contributed by atoms with van der Waals surface area (Å²) in [5.74, 6) is 0.546. The largest absolute Gasteiger partial charge is 0.327 e. The van der Waals surface area contributed by atoms with Crippen LogP contribution < -0.4 is 5.73 Å². The molecule has 1 aliphatic rings. The Morgan fingerprint density at radius 2 is 2.15 bits per heavy atom. The monoisotopic (exact) mass is 285 g/mol. The molecule has 3 rings (SSSR count). The fourth-order valence-corrected chi connectivity index (χ4v) is 4.38. The van der Waals surface area contributed by atoms with E-state index in [-0.39, 0.29) is 6.04 Å². The number of rotatable bonds is 3. The van der Waals surface area contributed by atoms with E-state index in [1.54, 1.807) is 4.88 Å². The standard InChI is InChI=1S/C18H23NS/c1-12-6-7-13(2)14(10-12)11-17(19)15-4-3-5-18-16(15)8-9-20-18/h6-10,15,17H,3-5,11,19H2,1-2H3. The Balaban J connectivity index is 1.81. The van der Waals surface area contributed by atoms with Gasteiger partial charge < -0.3 is 5.73 Å². The van der Waals surface area contributed by atoms with Crippen LogP contribution in [0.3, 0.4) is 0 Å². The van der Waals surface area contributed by atoms with Crippen LogP contribution in [0.15, 0.2) is 29.6 Å². The van der Waals surface area contributed by atoms with Gasteiger partial charge in [-0.05, 0) is 67.7 Å². The van der Waals surface area contributed by atoms with Gasteiger partial charge in [0.15, 0.2) is 0 Å². The topological polar surface area (TPSA) is 26.0 Å². The van der Waals surface area contributed by atoms with Crippen LogP contribution in [-0.4, -0.2) is 6.04 Å². The lowest BCUT2D eigenvalue weighted by Crippen LogP contribution is -2.32. The summed E-state index contributed by atoms with van der Waals surface area (Å²) in [6.45, 7) is 4.35. The van der Waals surface area contributed by atoms with Gasteiger partial charge in [-0.1, -0.05) is 23.8 Å². The van der Waals surface area contributed by atoms with E-state index in [4.69, 9.17) is 5.73 Å². The van der Waals surface area contributed by atoms with Crippen molar-refractivity contribution < 1.29 is 0 Å². The molecule has 0 aliphatic heterocycles. The molecule has 0 saturated heterocycles. The van der Waals surface area contributed by atoms with Gasteiger partial charge in [-0.15, -0.1) is 11.3 Å². The van der Waals surface area contributed by atoms with Crippen LogP contribution >= 0.6 is 11.3 Å². The normalized spacial score (nSPS) is 19.6. The first kappa shape index (κ1) is 13.8. The predicted octanol–water partition coefficient (Wildman–Crippen LogP) is 4.35. The van der Waals surface area contributed by atoms with E-state index in [2.05, 4.69) is 43.5 Å². The average Bonchev–Trinajstić information content (AvgIpc) is 2.91. The SMILES string of the molecule is Cc1ccc(C)c(CC(N)C2CCCc3sccc32)c1. The highest BCUT2D eigenvalue weighted by molar-refractivity contribution is 7.10. The molecule has 2 unspecified atom stereocenters. The van der Waals surface area contributed by atoms with Gasteiger partial charge in [0.2, 0.25) is 0 Å². The zero-order valence-corrected chi connectivity index (χ0v) is 13.2. The van der Waals surface area contributed by atoms with Crippen LogP contribution in [0.4, 0.5) is 0 Å². The Morgan fingerprint density at radius 1 is 1.30 bits per heavy atom. The summed E-state index contributed by atoms with van der Waals surface area (Å²) in [5.41, 5.74) is 12.2. The smallest absolute Gasteiger partial charge is 0.0149 e. The molecule has 0 saturated carbocycles. The van der Waals surface area contributed by atoms with E-state index in [9.17, 15) is 0 Å². The Kier molecular flexibility index (Phi) is 3.95. The van der Waals surface area contributed by atoms with Crippen LogP contribution in [0.25, 0.3) is 0 Å². The number of hydrogen-bond donors (Lipinski definition) is 1. The van der Waals surface area contributed by atoms with Gasteiger partial charge in [0, 0.05) is 16.8 Å². The van der Waals surface area contributed by atoms with E-state index in [0.717, 1.165) is 6.42 Å². The quantitative estimate of drug-likeness (QED) is 0.891. The molecular formula is C18H23NS. The Bertz CT molecular complexity index is 599. The highest BCUT2D eigenvalue weighted by Gasteiger charge is 2.26. The van der Waals surface area contributed by atoms with Crippen molar-refractivity contribution in [3.63, 3.8) is 0 Å². The molecule has 0 spiro atoms. The molecule has 2 atom stereocenters. The van der Waals surface area contributed by atoms with E-state index in [1.807, 2.05) is 11.3 Å². The second kappa shape index (κ2) is 5.71. The molecule has 1 aromatic carbocycles. The number of nitrogens with two attached hydrogens (primary N) is 1. The van der Waals surface area contributed by atoms with Gasteiger partial charge in [0.1, 0.15) is 0 Å². The summed E-state index contributed by atoms with van der Waals surface area (Å²) in [6.07, 6.45) is 4.78. The second-order valence-electron chi connectivity index (χ2n) is 6.10. The van der Waals surface area contributed by atoms with Crippen molar-refractivity contribution in [1.82, 2.24) is 0 Å². The molecule has 20 heavy (non-hydrogen) atoms. The summed E-state index contributed by atoms with van der Waals surface area (Å²) in [5, 5.41) is 2.23. The van der Waals surface area contributed by atoms with Crippen LogP contribution in [0.2, 0.25) is 0 Å². The average molecular weight is 285 g/mol. The number of fused-ring (bicyclic) bond motifs is 1. The van der Waals surface area contributed by atoms with Crippen LogP contribution in [0.1, 0.15) is 45.9 Å². The third-order valence-corrected chi connectivity index (χ3v) is 5.57. The first-order valence-corrected chi connectivity index (χ1v) is 8.41. The van der Waals surface area contributed by atoms with E-state index >= 15 is 0 Å². The van der Waals surface area contributed by atoms with Gasteiger partial charge in [0.25, 0.3) is 0 Å². The molecular weight excluding hydrogens is 262 g/mol. The first-order chi connectivity index (χ1) is 9.65. The first-order valence-electron chi connectivity index (χ1n) is 7.53. The Hall–Kier alpha value is -1.12. The predicted molar refractivity (Wildman–Crippen MR) is 87.6 cm³/mol. The van der Waals surface area contributed by atoms with E-state index < -0.39 is 0 Å². The Morgan fingerprint density at radius 3 is 3.00 bits per heavy atom. The number of thiophene rings is 1. The maximum absolute atomic E-state index is 6.58. The fourth-order valence-electron chi connectivity index (χ4n) is 3.38. The van der Waals surface area contributed by atoms with E-state index in [1.165, 1.54) is 41.5 Å². The van der Waals surface area contributed by atoms with Crippen molar-refractivity contribution in [3.05, 3.63) is 56.8 Å². The minimum absolute atomic E-state index is 0.240. The minimum Gasteiger partial charge on any atom is -0.327 e. The van der Waals surface area contributed by atoms with Crippen LogP contribution in [0.5, 0.6) is 0 Å². The van der Waals surface area contributed by atoms with Crippen molar-refractivity contribution in [2.24, 2.45) is 5.73 Å². The van der Waals surface area contributed by atoms with Gasteiger partial charge in [-0.3, -0.25) is 0 Å². The van der Waals surface area contributed by atoms with E-state index in [0.29, 0.717) is 5.92 Å². The maximum atomic E-state index is 6.58. The lowest BCUT2D eigenvalue weighted by molar-refractivity contribution is 0.463. The van der Waals surface area contributed by atoms with Gasteiger partial charge in [0.05, 0.1) is 0 Å². The van der Waals surface area contributed by atoms with Crippen molar-refractivity contribution >= 4 is 11.3 Å². The third-order valence-electron chi connectivity index (χ3n) is 4.58. The maximum Gasteiger partial charge on any atom is 0.0149 e.